The maximum Gasteiger partial charge on any atom is 0.340 e. The van der Waals surface area contributed by atoms with E-state index in [9.17, 15) is 19.5 Å². The number of aliphatic hydroxyl groups excluding tert-OH is 1. The van der Waals surface area contributed by atoms with Gasteiger partial charge in [0, 0.05) is 11.1 Å². The number of aliphatic hydroxyl groups is 1. The number of rotatable bonds is 0. The Bertz CT molecular complexity index is 1250. The van der Waals surface area contributed by atoms with Crippen LogP contribution in [0.2, 0.25) is 0 Å². The second-order valence-electron chi connectivity index (χ2n) is 6.24. The van der Waals surface area contributed by atoms with E-state index in [1.165, 1.54) is 6.07 Å². The van der Waals surface area contributed by atoms with E-state index in [0.717, 1.165) is 5.56 Å². The van der Waals surface area contributed by atoms with Crippen molar-refractivity contribution in [2.24, 2.45) is 0 Å². The van der Waals surface area contributed by atoms with Crippen molar-refractivity contribution >= 4 is 16.9 Å². The Morgan fingerprint density at radius 1 is 1.19 bits per heavy atom. The van der Waals surface area contributed by atoms with E-state index in [4.69, 9.17) is 4.74 Å². The van der Waals surface area contributed by atoms with Gasteiger partial charge in [0.2, 0.25) is 5.43 Å². The molecule has 0 spiro atoms. The molecule has 1 N–H and O–H groups in total. The van der Waals surface area contributed by atoms with Crippen LogP contribution in [-0.2, 0) is 22.7 Å². The van der Waals surface area contributed by atoms with Crippen LogP contribution in [-0.4, -0.2) is 20.6 Å². The number of fused-ring (bicyclic) bond motifs is 5. The summed E-state index contributed by atoms with van der Waals surface area (Å²) >= 11 is 0. The van der Waals surface area contributed by atoms with Gasteiger partial charge in [-0.15, -0.1) is 0 Å². The lowest BCUT2D eigenvalue weighted by Gasteiger charge is -2.21. The highest BCUT2D eigenvalue weighted by Crippen LogP contribution is 2.34. The summed E-state index contributed by atoms with van der Waals surface area (Å²) < 4.78 is 6.41. The van der Waals surface area contributed by atoms with Gasteiger partial charge in [-0.2, -0.15) is 0 Å². The van der Waals surface area contributed by atoms with Crippen molar-refractivity contribution in [1.29, 1.82) is 0 Å². The van der Waals surface area contributed by atoms with Gasteiger partial charge in [0.25, 0.3) is 5.56 Å². The Hall–Kier alpha value is -3.50. The third-order valence-electron chi connectivity index (χ3n) is 4.73. The maximum atomic E-state index is 12.8. The van der Waals surface area contributed by atoms with Crippen LogP contribution in [0.5, 0.6) is 0 Å². The fraction of sp³-hybridized carbons (Fsp3) is 0.158. The Balaban J connectivity index is 1.80. The number of esters is 1. The van der Waals surface area contributed by atoms with Crippen LogP contribution in [0.4, 0.5) is 0 Å². The van der Waals surface area contributed by atoms with E-state index in [0.29, 0.717) is 28.8 Å². The summed E-state index contributed by atoms with van der Waals surface area (Å²) in [4.78, 5) is 40.4. The first-order chi connectivity index (χ1) is 12.5. The first kappa shape index (κ1) is 14.8. The van der Waals surface area contributed by atoms with Crippen molar-refractivity contribution in [3.8, 4) is 11.4 Å². The van der Waals surface area contributed by atoms with Crippen LogP contribution < -0.4 is 11.0 Å². The number of hydrogen-bond acceptors (Lipinski definition) is 6. The summed E-state index contributed by atoms with van der Waals surface area (Å²) in [6.07, 6.45) is -1.48. The Morgan fingerprint density at radius 3 is 2.88 bits per heavy atom. The summed E-state index contributed by atoms with van der Waals surface area (Å²) in [6, 6.07) is 11.7. The summed E-state index contributed by atoms with van der Waals surface area (Å²) in [5, 5.41) is 10.7. The normalized spacial score (nSPS) is 17.1. The van der Waals surface area contributed by atoms with Gasteiger partial charge in [-0.25, -0.2) is 9.78 Å². The van der Waals surface area contributed by atoms with Crippen LogP contribution in [0.3, 0.4) is 0 Å². The van der Waals surface area contributed by atoms with Crippen LogP contribution in [0.25, 0.3) is 22.3 Å². The SMILES string of the molecule is O=C1OCc2c(cc3n(c2=O)Cc2cc4c#cc(=O)ccc4nc2-3)C1O. The van der Waals surface area contributed by atoms with Gasteiger partial charge in [0.1, 0.15) is 6.61 Å². The van der Waals surface area contributed by atoms with Crippen molar-refractivity contribution in [1.82, 2.24) is 9.55 Å². The summed E-state index contributed by atoms with van der Waals surface area (Å²) in [5.41, 5.74) is 2.37. The van der Waals surface area contributed by atoms with E-state index in [-0.39, 0.29) is 28.7 Å². The maximum absolute atomic E-state index is 12.8. The Labute approximate surface area is 146 Å². The van der Waals surface area contributed by atoms with Gasteiger partial charge in [-0.1, -0.05) is 6.07 Å². The molecule has 1 atom stereocenters. The molecule has 3 aromatic rings. The number of carbonyl (C=O) groups is 1. The highest BCUT2D eigenvalue weighted by atomic mass is 16.5. The van der Waals surface area contributed by atoms with Gasteiger partial charge < -0.3 is 14.4 Å². The zero-order valence-corrected chi connectivity index (χ0v) is 13.3. The number of ether oxygens (including phenoxy) is 1. The zero-order chi connectivity index (χ0) is 18.0. The molecule has 26 heavy (non-hydrogen) atoms. The molecule has 1 unspecified atom stereocenters. The zero-order valence-electron chi connectivity index (χ0n) is 13.3. The summed E-state index contributed by atoms with van der Waals surface area (Å²) in [7, 11) is 0. The number of carbonyl (C=O) groups excluding carboxylic acids is 1. The Morgan fingerprint density at radius 2 is 2.04 bits per heavy atom. The lowest BCUT2D eigenvalue weighted by molar-refractivity contribution is -0.157. The molecule has 2 aliphatic rings. The van der Waals surface area contributed by atoms with Gasteiger partial charge in [0.15, 0.2) is 6.10 Å². The van der Waals surface area contributed by atoms with Gasteiger partial charge in [-0.3, -0.25) is 9.59 Å². The van der Waals surface area contributed by atoms with E-state index in [2.05, 4.69) is 17.1 Å². The number of nitrogens with zero attached hydrogens (tertiary/aromatic N) is 2. The van der Waals surface area contributed by atoms with Crippen molar-refractivity contribution in [2.45, 2.75) is 19.3 Å². The largest absolute Gasteiger partial charge is 0.458 e. The van der Waals surface area contributed by atoms with Crippen molar-refractivity contribution in [3.63, 3.8) is 0 Å². The molecule has 1 aromatic carbocycles. The van der Waals surface area contributed by atoms with Gasteiger partial charge in [0.05, 0.1) is 34.4 Å². The third-order valence-corrected chi connectivity index (χ3v) is 4.73. The molecule has 0 saturated heterocycles. The molecular formula is C19H10N2O5. The van der Waals surface area contributed by atoms with Crippen LogP contribution in [0.15, 0.2) is 33.9 Å². The minimum atomic E-state index is -1.48. The quantitative estimate of drug-likeness (QED) is 0.465. The topological polar surface area (TPSA) is 98.5 Å². The van der Waals surface area contributed by atoms with Crippen LogP contribution in [0, 0.1) is 12.1 Å². The molecule has 7 nitrogen and oxygen atoms in total. The standard InChI is InChI=1S/C19H10N2O5/c22-11-2-1-9-5-10-7-21-15(16(10)20-14(9)4-3-11)6-12-13(18(21)24)8-26-19(25)17(12)23/h3-6,17,23H,7-8H2. The van der Waals surface area contributed by atoms with Crippen molar-refractivity contribution in [2.75, 3.05) is 0 Å². The van der Waals surface area contributed by atoms with Gasteiger partial charge >= 0.3 is 5.97 Å². The first-order valence-corrected chi connectivity index (χ1v) is 7.92. The molecule has 0 saturated carbocycles. The minimum Gasteiger partial charge on any atom is -0.458 e. The average molecular weight is 346 g/mol. The lowest BCUT2D eigenvalue weighted by atomic mass is 10.0. The number of cyclic esters (lactones) is 1. The third kappa shape index (κ3) is 1.93. The highest BCUT2D eigenvalue weighted by Gasteiger charge is 2.33. The molecule has 0 amide bonds. The van der Waals surface area contributed by atoms with E-state index in [1.807, 2.05) is 6.07 Å². The molecular weight excluding hydrogens is 336 g/mol. The molecule has 7 heteroatoms. The highest BCUT2D eigenvalue weighted by molar-refractivity contribution is 5.83. The second-order valence-corrected chi connectivity index (χ2v) is 6.24. The molecule has 0 fully saturated rings. The van der Waals surface area contributed by atoms with Crippen molar-refractivity contribution < 1.29 is 14.6 Å². The molecule has 0 bridgehead atoms. The van der Waals surface area contributed by atoms with Crippen LogP contribution >= 0.6 is 0 Å². The summed E-state index contributed by atoms with van der Waals surface area (Å²) in [6.45, 7) is 0.154. The molecule has 0 aliphatic carbocycles. The van der Waals surface area contributed by atoms with E-state index >= 15 is 0 Å². The molecule has 5 rings (SSSR count). The summed E-state index contributed by atoms with van der Waals surface area (Å²) in [5.74, 6) is -0.772. The number of aromatic nitrogens is 2. The lowest BCUT2D eigenvalue weighted by Crippen LogP contribution is -2.32. The van der Waals surface area contributed by atoms with Crippen molar-refractivity contribution in [3.05, 3.63) is 73.7 Å². The smallest absolute Gasteiger partial charge is 0.340 e. The molecule has 4 heterocycles. The monoisotopic (exact) mass is 346 g/mol. The first-order valence-electron chi connectivity index (χ1n) is 7.92. The number of hydrogen-bond donors (Lipinski definition) is 1. The predicted molar refractivity (Wildman–Crippen MR) is 89.2 cm³/mol. The number of pyridine rings is 2. The molecule has 2 aliphatic heterocycles. The fourth-order valence-corrected chi connectivity index (χ4v) is 3.43. The average Bonchev–Trinajstić information content (AvgIpc) is 2.88. The molecule has 126 valence electrons. The van der Waals surface area contributed by atoms with Gasteiger partial charge in [-0.05, 0) is 30.3 Å². The Kier molecular flexibility index (Phi) is 2.85. The molecule has 2 aromatic heterocycles. The van der Waals surface area contributed by atoms with Crippen LogP contribution in [0.1, 0.15) is 22.8 Å². The van der Waals surface area contributed by atoms with E-state index < -0.39 is 12.1 Å². The van der Waals surface area contributed by atoms with E-state index in [1.54, 1.807) is 16.7 Å². The second kappa shape index (κ2) is 5.00. The fourth-order valence-electron chi connectivity index (χ4n) is 3.43. The predicted octanol–water partition coefficient (Wildman–Crippen LogP) is 0.476. The minimum absolute atomic E-state index is 0.152. The molecule has 0 radical (unpaired) electrons.